The summed E-state index contributed by atoms with van der Waals surface area (Å²) in [4.78, 5) is 27.8. The zero-order chi connectivity index (χ0) is 19.4. The minimum Gasteiger partial charge on any atom is -0.492 e. The molecule has 2 aromatic rings. The highest BCUT2D eigenvalue weighted by Gasteiger charge is 2.50. The van der Waals surface area contributed by atoms with Crippen molar-refractivity contribution in [3.8, 4) is 5.75 Å². The van der Waals surface area contributed by atoms with Crippen LogP contribution in [0.1, 0.15) is 41.6 Å². The molecule has 4 rings (SSSR count). The zero-order valence-electron chi connectivity index (χ0n) is 16.0. The van der Waals surface area contributed by atoms with E-state index in [0.717, 1.165) is 32.1 Å². The minimum atomic E-state index is -0.688. The van der Waals surface area contributed by atoms with E-state index in [9.17, 15) is 9.59 Å². The third kappa shape index (κ3) is 3.49. The van der Waals surface area contributed by atoms with E-state index in [4.69, 9.17) is 4.74 Å². The number of hydrogen-bond acceptors (Lipinski definition) is 3. The Bertz CT molecular complexity index is 852. The van der Waals surface area contributed by atoms with Gasteiger partial charge in [0.2, 0.25) is 5.91 Å². The van der Waals surface area contributed by atoms with Gasteiger partial charge in [-0.05, 0) is 43.4 Å². The molecule has 2 aliphatic rings. The number of benzene rings is 2. The third-order valence-corrected chi connectivity index (χ3v) is 5.82. The molecule has 2 aromatic carbocycles. The van der Waals surface area contributed by atoms with E-state index in [0.29, 0.717) is 31.0 Å². The van der Waals surface area contributed by atoms with Gasteiger partial charge in [0.25, 0.3) is 5.91 Å². The van der Waals surface area contributed by atoms with Crippen molar-refractivity contribution in [2.24, 2.45) is 0 Å². The SMILES string of the molecule is O=C(c1ccccc1OCCc1ccccc1)N1CCCC12CCCNC2=O. The summed E-state index contributed by atoms with van der Waals surface area (Å²) in [7, 11) is 0. The van der Waals surface area contributed by atoms with Crippen LogP contribution in [-0.4, -0.2) is 41.9 Å². The Labute approximate surface area is 165 Å². The van der Waals surface area contributed by atoms with Gasteiger partial charge in [-0.3, -0.25) is 9.59 Å². The Balaban J connectivity index is 1.51. The van der Waals surface area contributed by atoms with Crippen molar-refractivity contribution in [2.45, 2.75) is 37.6 Å². The molecular formula is C23H26N2O3. The highest BCUT2D eigenvalue weighted by Crippen LogP contribution is 2.37. The fourth-order valence-electron chi connectivity index (χ4n) is 4.37. The number of carbonyl (C=O) groups is 2. The summed E-state index contributed by atoms with van der Waals surface area (Å²) in [6.45, 7) is 1.81. The molecule has 0 saturated carbocycles. The molecule has 2 saturated heterocycles. The van der Waals surface area contributed by atoms with Crippen molar-refractivity contribution in [2.75, 3.05) is 19.7 Å². The van der Waals surface area contributed by atoms with Crippen molar-refractivity contribution in [3.63, 3.8) is 0 Å². The highest BCUT2D eigenvalue weighted by molar-refractivity contribution is 6.01. The van der Waals surface area contributed by atoms with Gasteiger partial charge in [-0.25, -0.2) is 0 Å². The van der Waals surface area contributed by atoms with Crippen molar-refractivity contribution in [3.05, 3.63) is 65.7 Å². The lowest BCUT2D eigenvalue weighted by molar-refractivity contribution is -0.133. The van der Waals surface area contributed by atoms with E-state index in [1.165, 1.54) is 5.56 Å². The van der Waals surface area contributed by atoms with Gasteiger partial charge in [-0.1, -0.05) is 42.5 Å². The lowest BCUT2D eigenvalue weighted by Gasteiger charge is -2.40. The molecule has 1 atom stereocenters. The fraction of sp³-hybridized carbons (Fsp3) is 0.391. The van der Waals surface area contributed by atoms with Crippen LogP contribution < -0.4 is 10.1 Å². The Morgan fingerprint density at radius 1 is 1.04 bits per heavy atom. The molecule has 5 heteroatoms. The Hall–Kier alpha value is -2.82. The van der Waals surface area contributed by atoms with Crippen LogP contribution in [0.15, 0.2) is 54.6 Å². The maximum atomic E-state index is 13.4. The first-order chi connectivity index (χ1) is 13.7. The van der Waals surface area contributed by atoms with Gasteiger partial charge >= 0.3 is 0 Å². The predicted molar refractivity (Wildman–Crippen MR) is 107 cm³/mol. The smallest absolute Gasteiger partial charge is 0.258 e. The number of rotatable bonds is 5. The molecule has 1 N–H and O–H groups in total. The lowest BCUT2D eigenvalue weighted by atomic mass is 9.86. The second kappa shape index (κ2) is 8.05. The summed E-state index contributed by atoms with van der Waals surface area (Å²) in [5.74, 6) is 0.471. The molecular weight excluding hydrogens is 352 g/mol. The van der Waals surface area contributed by atoms with Crippen molar-refractivity contribution in [1.82, 2.24) is 10.2 Å². The number of amides is 2. The molecule has 146 valence electrons. The Morgan fingerprint density at radius 2 is 1.79 bits per heavy atom. The summed E-state index contributed by atoms with van der Waals surface area (Å²) < 4.78 is 5.98. The first kappa shape index (κ1) is 18.5. The molecule has 2 heterocycles. The molecule has 1 unspecified atom stereocenters. The number of nitrogens with zero attached hydrogens (tertiary/aromatic N) is 1. The highest BCUT2D eigenvalue weighted by atomic mass is 16.5. The van der Waals surface area contributed by atoms with Gasteiger partial charge in [0.1, 0.15) is 11.3 Å². The van der Waals surface area contributed by atoms with Crippen LogP contribution in [0.5, 0.6) is 5.75 Å². The number of ether oxygens (including phenoxy) is 1. The maximum absolute atomic E-state index is 13.4. The second-order valence-corrected chi connectivity index (χ2v) is 7.53. The zero-order valence-corrected chi connectivity index (χ0v) is 16.0. The van der Waals surface area contributed by atoms with Gasteiger partial charge in [0.15, 0.2) is 0 Å². The molecule has 5 nitrogen and oxygen atoms in total. The minimum absolute atomic E-state index is 0.00734. The summed E-state index contributed by atoms with van der Waals surface area (Å²) >= 11 is 0. The van der Waals surface area contributed by atoms with Crippen LogP contribution in [0.3, 0.4) is 0 Å². The van der Waals surface area contributed by atoms with Gasteiger partial charge in [0.05, 0.1) is 12.2 Å². The van der Waals surface area contributed by atoms with Crippen molar-refractivity contribution in [1.29, 1.82) is 0 Å². The van der Waals surface area contributed by atoms with Gasteiger partial charge in [0, 0.05) is 19.5 Å². The van der Waals surface area contributed by atoms with Crippen LogP contribution in [-0.2, 0) is 11.2 Å². The van der Waals surface area contributed by atoms with Crippen LogP contribution in [0.25, 0.3) is 0 Å². The molecule has 2 aliphatic heterocycles. The average Bonchev–Trinajstić information content (AvgIpc) is 3.15. The number of para-hydroxylation sites is 1. The van der Waals surface area contributed by atoms with Crippen LogP contribution >= 0.6 is 0 Å². The number of piperidine rings is 1. The standard InChI is InChI=1S/C23H26N2O3/c26-21(25-16-7-14-23(25)13-6-15-24-22(23)27)19-10-4-5-11-20(19)28-17-12-18-8-2-1-3-9-18/h1-5,8-11H,6-7,12-17H2,(H,24,27). The number of carbonyl (C=O) groups excluding carboxylic acids is 2. The summed E-state index contributed by atoms with van der Waals surface area (Å²) in [5.41, 5.74) is 1.05. The van der Waals surface area contributed by atoms with E-state index in [2.05, 4.69) is 17.4 Å². The van der Waals surface area contributed by atoms with E-state index < -0.39 is 5.54 Å². The molecule has 0 bridgehead atoms. The summed E-state index contributed by atoms with van der Waals surface area (Å²) in [6, 6.07) is 17.5. The largest absolute Gasteiger partial charge is 0.492 e. The van der Waals surface area contributed by atoms with E-state index in [-0.39, 0.29) is 11.8 Å². The first-order valence-corrected chi connectivity index (χ1v) is 10.1. The maximum Gasteiger partial charge on any atom is 0.258 e. The Kier molecular flexibility index (Phi) is 5.33. The monoisotopic (exact) mass is 378 g/mol. The normalized spacial score (nSPS) is 21.6. The van der Waals surface area contributed by atoms with Crippen LogP contribution in [0.4, 0.5) is 0 Å². The topological polar surface area (TPSA) is 58.6 Å². The Morgan fingerprint density at radius 3 is 2.61 bits per heavy atom. The van der Waals surface area contributed by atoms with E-state index in [1.807, 2.05) is 36.4 Å². The van der Waals surface area contributed by atoms with Crippen molar-refractivity contribution >= 4 is 11.8 Å². The van der Waals surface area contributed by atoms with E-state index >= 15 is 0 Å². The molecule has 0 aromatic heterocycles. The van der Waals surface area contributed by atoms with Gasteiger partial charge in [-0.15, -0.1) is 0 Å². The lowest BCUT2D eigenvalue weighted by Crippen LogP contribution is -2.60. The molecule has 28 heavy (non-hydrogen) atoms. The predicted octanol–water partition coefficient (Wildman–Crippen LogP) is 3.19. The fourth-order valence-corrected chi connectivity index (χ4v) is 4.37. The second-order valence-electron chi connectivity index (χ2n) is 7.53. The van der Waals surface area contributed by atoms with Gasteiger partial charge in [-0.2, -0.15) is 0 Å². The molecule has 1 spiro atoms. The number of hydrogen-bond donors (Lipinski definition) is 1. The molecule has 2 fully saturated rings. The number of nitrogens with one attached hydrogen (secondary N) is 1. The molecule has 0 aliphatic carbocycles. The van der Waals surface area contributed by atoms with Crippen LogP contribution in [0, 0.1) is 0 Å². The van der Waals surface area contributed by atoms with Gasteiger partial charge < -0.3 is 15.0 Å². The first-order valence-electron chi connectivity index (χ1n) is 10.1. The average molecular weight is 378 g/mol. The molecule has 2 amide bonds. The number of likely N-dealkylation sites (tertiary alicyclic amines) is 1. The summed E-state index contributed by atoms with van der Waals surface area (Å²) in [5, 5.41) is 2.95. The summed E-state index contributed by atoms with van der Waals surface area (Å²) in [6.07, 6.45) is 4.02. The van der Waals surface area contributed by atoms with E-state index in [1.54, 1.807) is 11.0 Å². The van der Waals surface area contributed by atoms with Crippen LogP contribution in [0.2, 0.25) is 0 Å². The quantitative estimate of drug-likeness (QED) is 0.869. The van der Waals surface area contributed by atoms with Crippen molar-refractivity contribution < 1.29 is 14.3 Å². The molecule has 0 radical (unpaired) electrons. The third-order valence-electron chi connectivity index (χ3n) is 5.82.